The summed E-state index contributed by atoms with van der Waals surface area (Å²) in [5.74, 6) is -0.538. The lowest BCUT2D eigenvalue weighted by molar-refractivity contribution is 0.0952. The maximum atomic E-state index is 11.9. The van der Waals surface area contributed by atoms with Crippen LogP contribution in [0, 0.1) is 0 Å². The molecule has 1 amide bonds. The Balaban J connectivity index is 1.73. The number of carbonyl (C=O) groups excluding carboxylic acids is 1. The molecule has 5 nitrogen and oxygen atoms in total. The Hall–Kier alpha value is -3.21. The molecule has 0 saturated carbocycles. The number of phenolic OH excluding ortho intramolecular Hbond substituents is 1. The lowest BCUT2D eigenvalue weighted by Gasteiger charge is -2.02. The van der Waals surface area contributed by atoms with E-state index in [4.69, 9.17) is 0 Å². The fourth-order valence-electron chi connectivity index (χ4n) is 2.07. The molecule has 2 N–H and O–H groups in total. The number of hydrazone groups is 1. The minimum atomic E-state index is -0.461. The van der Waals surface area contributed by atoms with Crippen molar-refractivity contribution in [3.8, 4) is 5.75 Å². The molecule has 0 aliphatic heterocycles. The number of fused-ring (bicyclic) bond motifs is 1. The number of nitrogens with one attached hydrogen (secondary N) is 1. The van der Waals surface area contributed by atoms with E-state index in [-0.39, 0.29) is 11.3 Å². The highest BCUT2D eigenvalue weighted by molar-refractivity contribution is 5.97. The van der Waals surface area contributed by atoms with Gasteiger partial charge in [0.05, 0.1) is 17.3 Å². The van der Waals surface area contributed by atoms with Gasteiger partial charge in [-0.3, -0.25) is 9.78 Å². The second-order valence-corrected chi connectivity index (χ2v) is 4.67. The van der Waals surface area contributed by atoms with E-state index in [0.717, 1.165) is 16.5 Å². The van der Waals surface area contributed by atoms with Crippen LogP contribution in [0.5, 0.6) is 5.75 Å². The van der Waals surface area contributed by atoms with Crippen LogP contribution in [-0.4, -0.2) is 22.2 Å². The van der Waals surface area contributed by atoms with Crippen LogP contribution in [0.2, 0.25) is 0 Å². The number of rotatable bonds is 3. The summed E-state index contributed by atoms with van der Waals surface area (Å²) < 4.78 is 0. The first-order chi connectivity index (χ1) is 10.7. The van der Waals surface area contributed by atoms with Crippen LogP contribution < -0.4 is 5.43 Å². The minimum absolute atomic E-state index is 0.0769. The lowest BCUT2D eigenvalue weighted by Crippen LogP contribution is -2.17. The second-order valence-electron chi connectivity index (χ2n) is 4.67. The summed E-state index contributed by atoms with van der Waals surface area (Å²) in [7, 11) is 0. The number of hydrogen-bond donors (Lipinski definition) is 2. The number of phenols is 1. The normalized spacial score (nSPS) is 10.9. The third kappa shape index (κ3) is 2.93. The van der Waals surface area contributed by atoms with E-state index < -0.39 is 5.91 Å². The van der Waals surface area contributed by atoms with E-state index >= 15 is 0 Å². The molecule has 0 atom stereocenters. The molecule has 0 fully saturated rings. The second kappa shape index (κ2) is 6.05. The van der Waals surface area contributed by atoms with Gasteiger partial charge in [0.2, 0.25) is 0 Å². The predicted molar refractivity (Wildman–Crippen MR) is 84.9 cm³/mol. The molecular formula is C17H13N3O2. The summed E-state index contributed by atoms with van der Waals surface area (Å²) >= 11 is 0. The average molecular weight is 291 g/mol. The molecule has 1 heterocycles. The van der Waals surface area contributed by atoms with Crippen molar-refractivity contribution in [1.82, 2.24) is 10.4 Å². The SMILES string of the molecule is O=C(N/N=C\c1ccc2ncccc2c1)c1ccccc1O. The van der Waals surface area contributed by atoms with Gasteiger partial charge in [-0.05, 0) is 35.9 Å². The third-order valence-electron chi connectivity index (χ3n) is 3.16. The van der Waals surface area contributed by atoms with Crippen molar-refractivity contribution in [2.24, 2.45) is 5.10 Å². The molecule has 5 heteroatoms. The highest BCUT2D eigenvalue weighted by Gasteiger charge is 2.08. The fourth-order valence-corrected chi connectivity index (χ4v) is 2.07. The van der Waals surface area contributed by atoms with E-state index in [1.165, 1.54) is 12.1 Å². The molecule has 0 spiro atoms. The molecule has 108 valence electrons. The maximum Gasteiger partial charge on any atom is 0.275 e. The van der Waals surface area contributed by atoms with E-state index in [1.54, 1.807) is 24.5 Å². The van der Waals surface area contributed by atoms with Crippen molar-refractivity contribution < 1.29 is 9.90 Å². The number of nitrogens with zero attached hydrogens (tertiary/aromatic N) is 2. The van der Waals surface area contributed by atoms with Gasteiger partial charge in [0.25, 0.3) is 5.91 Å². The van der Waals surface area contributed by atoms with Crippen LogP contribution in [0.15, 0.2) is 65.9 Å². The predicted octanol–water partition coefficient (Wildman–Crippen LogP) is 2.70. The Labute approximate surface area is 126 Å². The van der Waals surface area contributed by atoms with Gasteiger partial charge >= 0.3 is 0 Å². The quantitative estimate of drug-likeness (QED) is 0.575. The number of para-hydroxylation sites is 1. The van der Waals surface area contributed by atoms with Crippen LogP contribution in [0.1, 0.15) is 15.9 Å². The van der Waals surface area contributed by atoms with Crippen molar-refractivity contribution in [1.29, 1.82) is 0 Å². The lowest BCUT2D eigenvalue weighted by atomic mass is 10.1. The first kappa shape index (κ1) is 13.8. The standard InChI is InChI=1S/C17H13N3O2/c21-16-6-2-1-5-14(16)17(22)20-19-11-12-7-8-15-13(10-12)4-3-9-18-15/h1-11,21H,(H,20,22)/b19-11-. The smallest absolute Gasteiger partial charge is 0.275 e. The summed E-state index contributed by atoms with van der Waals surface area (Å²) in [6, 6.07) is 15.8. The Kier molecular flexibility index (Phi) is 3.78. The zero-order valence-corrected chi connectivity index (χ0v) is 11.6. The summed E-state index contributed by atoms with van der Waals surface area (Å²) in [4.78, 5) is 16.1. The van der Waals surface area contributed by atoms with Crippen LogP contribution >= 0.6 is 0 Å². The van der Waals surface area contributed by atoms with E-state index in [2.05, 4.69) is 15.5 Å². The van der Waals surface area contributed by atoms with Gasteiger partial charge in [0, 0.05) is 11.6 Å². The van der Waals surface area contributed by atoms with Gasteiger partial charge in [-0.15, -0.1) is 0 Å². The van der Waals surface area contributed by atoms with Gasteiger partial charge in [-0.1, -0.05) is 24.3 Å². The first-order valence-electron chi connectivity index (χ1n) is 6.70. The third-order valence-corrected chi connectivity index (χ3v) is 3.16. The molecule has 22 heavy (non-hydrogen) atoms. The Bertz CT molecular complexity index is 859. The Morgan fingerprint density at radius 1 is 1.14 bits per heavy atom. The molecule has 0 unspecified atom stereocenters. The van der Waals surface area contributed by atoms with Crippen molar-refractivity contribution in [2.75, 3.05) is 0 Å². The molecule has 0 bridgehead atoms. The largest absolute Gasteiger partial charge is 0.507 e. The summed E-state index contributed by atoms with van der Waals surface area (Å²) in [5.41, 5.74) is 4.32. The average Bonchev–Trinajstić information content (AvgIpc) is 2.55. The van der Waals surface area contributed by atoms with Crippen LogP contribution in [0.4, 0.5) is 0 Å². The number of aromatic hydroxyl groups is 1. The summed E-state index contributed by atoms with van der Waals surface area (Å²) in [6.07, 6.45) is 3.28. The van der Waals surface area contributed by atoms with Crippen LogP contribution in [0.3, 0.4) is 0 Å². The zero-order valence-electron chi connectivity index (χ0n) is 11.6. The van der Waals surface area contributed by atoms with E-state index in [1.807, 2.05) is 30.3 Å². The number of aromatic nitrogens is 1. The molecule has 0 aliphatic rings. The van der Waals surface area contributed by atoms with Gasteiger partial charge in [0.15, 0.2) is 0 Å². The molecule has 0 radical (unpaired) electrons. The fraction of sp³-hybridized carbons (Fsp3) is 0. The molecule has 1 aromatic heterocycles. The first-order valence-corrected chi connectivity index (χ1v) is 6.70. The van der Waals surface area contributed by atoms with E-state index in [0.29, 0.717) is 0 Å². The van der Waals surface area contributed by atoms with Crippen LogP contribution in [0.25, 0.3) is 10.9 Å². The molecule has 0 aliphatic carbocycles. The topological polar surface area (TPSA) is 74.6 Å². The van der Waals surface area contributed by atoms with Crippen molar-refractivity contribution in [3.63, 3.8) is 0 Å². The molecule has 0 saturated heterocycles. The molecule has 2 aromatic carbocycles. The van der Waals surface area contributed by atoms with Gasteiger partial charge in [-0.25, -0.2) is 5.43 Å². The number of amides is 1. The summed E-state index contributed by atoms with van der Waals surface area (Å²) in [5, 5.41) is 14.5. The van der Waals surface area contributed by atoms with Crippen molar-refractivity contribution in [2.45, 2.75) is 0 Å². The van der Waals surface area contributed by atoms with Gasteiger partial charge < -0.3 is 5.11 Å². The molecular weight excluding hydrogens is 278 g/mol. The number of pyridine rings is 1. The zero-order chi connectivity index (χ0) is 15.4. The van der Waals surface area contributed by atoms with Crippen molar-refractivity contribution in [3.05, 3.63) is 71.9 Å². The monoisotopic (exact) mass is 291 g/mol. The Morgan fingerprint density at radius 2 is 2.00 bits per heavy atom. The Morgan fingerprint density at radius 3 is 2.86 bits per heavy atom. The number of carbonyl (C=O) groups is 1. The number of hydrogen-bond acceptors (Lipinski definition) is 4. The number of benzene rings is 2. The highest BCUT2D eigenvalue weighted by atomic mass is 16.3. The van der Waals surface area contributed by atoms with Crippen LogP contribution in [-0.2, 0) is 0 Å². The van der Waals surface area contributed by atoms with E-state index in [9.17, 15) is 9.90 Å². The minimum Gasteiger partial charge on any atom is -0.507 e. The summed E-state index contributed by atoms with van der Waals surface area (Å²) in [6.45, 7) is 0. The molecule has 3 aromatic rings. The van der Waals surface area contributed by atoms with Gasteiger partial charge in [0.1, 0.15) is 5.75 Å². The highest BCUT2D eigenvalue weighted by Crippen LogP contribution is 2.15. The molecule has 3 rings (SSSR count). The van der Waals surface area contributed by atoms with Crippen molar-refractivity contribution >= 4 is 23.0 Å². The van der Waals surface area contributed by atoms with Gasteiger partial charge in [-0.2, -0.15) is 5.10 Å². The maximum absolute atomic E-state index is 11.9.